The third-order valence-electron chi connectivity index (χ3n) is 7.44. The van der Waals surface area contributed by atoms with Gasteiger partial charge in [0.25, 0.3) is 5.56 Å². The van der Waals surface area contributed by atoms with Crippen molar-refractivity contribution >= 4 is 34.5 Å². The summed E-state index contributed by atoms with van der Waals surface area (Å²) in [5.74, 6) is 1.68. The zero-order chi connectivity index (χ0) is 30.6. The topological polar surface area (TPSA) is 102 Å². The molecule has 0 radical (unpaired) electrons. The Bertz CT molecular complexity index is 1500. The van der Waals surface area contributed by atoms with Crippen molar-refractivity contribution in [1.29, 1.82) is 0 Å². The first-order valence-electron chi connectivity index (χ1n) is 14.3. The molecule has 0 bridgehead atoms. The summed E-state index contributed by atoms with van der Waals surface area (Å²) >= 11 is 6.85. The number of methoxy groups -OCH3 is 1. The van der Waals surface area contributed by atoms with E-state index in [1.54, 1.807) is 43.1 Å². The fraction of sp³-hybridized carbons (Fsp3) is 0.484. The molecule has 4 rings (SSSR count). The Morgan fingerprint density at radius 2 is 1.90 bits per heavy atom. The molecule has 2 aromatic heterocycles. The molecule has 0 spiro atoms. The van der Waals surface area contributed by atoms with E-state index in [0.29, 0.717) is 70.1 Å². The van der Waals surface area contributed by atoms with E-state index in [-0.39, 0.29) is 23.6 Å². The molecule has 1 amide bonds. The van der Waals surface area contributed by atoms with Crippen LogP contribution in [0.25, 0.3) is 22.2 Å². The number of carbonyl (C=O) groups excluding carboxylic acids is 1. The second-order valence-corrected chi connectivity index (χ2v) is 11.6. The van der Waals surface area contributed by atoms with E-state index in [0.717, 1.165) is 19.6 Å². The number of ether oxygens (including phenoxy) is 2. The van der Waals surface area contributed by atoms with E-state index in [1.807, 2.05) is 4.90 Å². The molecule has 1 fully saturated rings. The minimum Gasteiger partial charge on any atom is -0.497 e. The highest BCUT2D eigenvalue weighted by Crippen LogP contribution is 2.39. The maximum absolute atomic E-state index is 14.1. The van der Waals surface area contributed by atoms with E-state index in [1.165, 1.54) is 6.08 Å². The Morgan fingerprint density at radius 1 is 1.19 bits per heavy atom. The minimum atomic E-state index is -0.212. The summed E-state index contributed by atoms with van der Waals surface area (Å²) < 4.78 is 13.2. The molecule has 2 unspecified atom stereocenters. The van der Waals surface area contributed by atoms with Gasteiger partial charge in [0, 0.05) is 74.1 Å². The van der Waals surface area contributed by atoms with Gasteiger partial charge in [-0.15, -0.1) is 0 Å². The third-order valence-corrected chi connectivity index (χ3v) is 7.83. The van der Waals surface area contributed by atoms with Crippen LogP contribution in [0.4, 0.5) is 5.95 Å². The second kappa shape index (κ2) is 13.6. The maximum atomic E-state index is 14.1. The number of hydrogen-bond acceptors (Lipinski definition) is 8. The van der Waals surface area contributed by atoms with Gasteiger partial charge in [0.1, 0.15) is 17.1 Å². The predicted molar refractivity (Wildman–Crippen MR) is 168 cm³/mol. The van der Waals surface area contributed by atoms with Crippen LogP contribution in [0.3, 0.4) is 0 Å². The summed E-state index contributed by atoms with van der Waals surface area (Å²) in [4.78, 5) is 39.7. The third kappa shape index (κ3) is 6.71. The molecule has 1 N–H and O–H groups in total. The van der Waals surface area contributed by atoms with Crippen molar-refractivity contribution in [2.75, 3.05) is 45.7 Å². The average Bonchev–Trinajstić information content (AvgIpc) is 2.96. The van der Waals surface area contributed by atoms with Crippen molar-refractivity contribution in [3.8, 4) is 22.6 Å². The zero-order valence-corrected chi connectivity index (χ0v) is 26.1. The average molecular weight is 597 g/mol. The van der Waals surface area contributed by atoms with Gasteiger partial charge < -0.3 is 19.7 Å². The number of aryl methyl sites for hydroxylation is 1. The smallest absolute Gasteiger partial charge is 0.260 e. The van der Waals surface area contributed by atoms with Gasteiger partial charge in [0.2, 0.25) is 11.9 Å². The van der Waals surface area contributed by atoms with E-state index < -0.39 is 0 Å². The second-order valence-electron chi connectivity index (χ2n) is 11.2. The fourth-order valence-electron chi connectivity index (χ4n) is 5.53. The molecule has 226 valence electrons. The molecular weight excluding hydrogens is 556 g/mol. The largest absolute Gasteiger partial charge is 0.497 e. The molecule has 1 aliphatic rings. The van der Waals surface area contributed by atoms with Crippen molar-refractivity contribution in [1.82, 2.24) is 24.3 Å². The van der Waals surface area contributed by atoms with Gasteiger partial charge in [0.05, 0.1) is 18.7 Å². The van der Waals surface area contributed by atoms with E-state index in [2.05, 4.69) is 54.5 Å². The Morgan fingerprint density at radius 3 is 2.52 bits per heavy atom. The standard InChI is InChI=1S/C31H41ClN6O4/c1-8-27(39)38-20(4)16-36(17-21(38)5)10-9-11-37-29-22(15-34-31(33-6)35-29)12-25(30(37)40)24-13-23(41-7)14-26(28(24)32)42-18-19(2)3/h8,12-15,19-21H,1,9-11,16-18H2,2-7H3,(H,33,34,35). The van der Waals surface area contributed by atoms with Gasteiger partial charge in [-0.2, -0.15) is 4.98 Å². The predicted octanol–water partition coefficient (Wildman–Crippen LogP) is 4.69. The van der Waals surface area contributed by atoms with Crippen molar-refractivity contribution in [3.05, 3.63) is 52.4 Å². The fourth-order valence-corrected chi connectivity index (χ4v) is 5.80. The van der Waals surface area contributed by atoms with Crippen LogP contribution in [-0.4, -0.2) is 82.7 Å². The van der Waals surface area contributed by atoms with Gasteiger partial charge >= 0.3 is 0 Å². The number of carbonyl (C=O) groups is 1. The number of halogens is 1. The lowest BCUT2D eigenvalue weighted by atomic mass is 10.0. The summed E-state index contributed by atoms with van der Waals surface area (Å²) in [5, 5.41) is 4.03. The van der Waals surface area contributed by atoms with Crippen molar-refractivity contribution in [2.24, 2.45) is 5.92 Å². The lowest BCUT2D eigenvalue weighted by Gasteiger charge is -2.44. The highest BCUT2D eigenvalue weighted by molar-refractivity contribution is 6.35. The lowest BCUT2D eigenvalue weighted by Crippen LogP contribution is -2.58. The summed E-state index contributed by atoms with van der Waals surface area (Å²) in [6, 6.07) is 5.41. The first-order chi connectivity index (χ1) is 20.1. The molecule has 3 heterocycles. The maximum Gasteiger partial charge on any atom is 0.260 e. The monoisotopic (exact) mass is 596 g/mol. The molecule has 0 aliphatic carbocycles. The Hall–Kier alpha value is -3.63. The Kier molecular flexibility index (Phi) is 10.1. The number of benzene rings is 1. The van der Waals surface area contributed by atoms with Crippen LogP contribution >= 0.6 is 11.6 Å². The summed E-state index contributed by atoms with van der Waals surface area (Å²) in [7, 11) is 3.31. The SMILES string of the molecule is C=CC(=O)N1C(C)CN(CCCn2c(=O)c(-c3cc(OC)cc(OCC(C)C)c3Cl)cc3cnc(NC)nc32)CC1C. The quantitative estimate of drug-likeness (QED) is 0.318. The highest BCUT2D eigenvalue weighted by atomic mass is 35.5. The molecule has 11 heteroatoms. The van der Waals surface area contributed by atoms with Gasteiger partial charge in [-0.1, -0.05) is 32.0 Å². The van der Waals surface area contributed by atoms with Crippen LogP contribution < -0.4 is 20.3 Å². The molecular formula is C31H41ClN6O4. The first-order valence-corrected chi connectivity index (χ1v) is 14.7. The normalized spacial score (nSPS) is 17.5. The van der Waals surface area contributed by atoms with Crippen molar-refractivity contribution in [3.63, 3.8) is 0 Å². The summed E-state index contributed by atoms with van der Waals surface area (Å²) in [6.07, 6.45) is 3.79. The van der Waals surface area contributed by atoms with E-state index in [4.69, 9.17) is 21.1 Å². The molecule has 1 aliphatic heterocycles. The van der Waals surface area contributed by atoms with Gasteiger partial charge in [0.15, 0.2) is 0 Å². The van der Waals surface area contributed by atoms with Gasteiger partial charge in [-0.3, -0.25) is 19.1 Å². The molecule has 3 aromatic rings. The molecule has 42 heavy (non-hydrogen) atoms. The van der Waals surface area contributed by atoms with Crippen LogP contribution in [0.15, 0.2) is 41.8 Å². The number of nitrogens with zero attached hydrogens (tertiary/aromatic N) is 5. The van der Waals surface area contributed by atoms with Crippen LogP contribution in [0.5, 0.6) is 11.5 Å². The number of nitrogens with one attached hydrogen (secondary N) is 1. The number of fused-ring (bicyclic) bond motifs is 1. The lowest BCUT2D eigenvalue weighted by molar-refractivity contribution is -0.133. The van der Waals surface area contributed by atoms with Crippen LogP contribution in [0.2, 0.25) is 5.02 Å². The highest BCUT2D eigenvalue weighted by Gasteiger charge is 2.31. The summed E-state index contributed by atoms with van der Waals surface area (Å²) in [6.45, 7) is 15.0. The van der Waals surface area contributed by atoms with Crippen molar-refractivity contribution in [2.45, 2.75) is 52.7 Å². The molecule has 2 atom stereocenters. The van der Waals surface area contributed by atoms with E-state index in [9.17, 15) is 9.59 Å². The van der Waals surface area contributed by atoms with Crippen LogP contribution in [0.1, 0.15) is 34.1 Å². The number of amides is 1. The number of pyridine rings is 1. The number of rotatable bonds is 11. The van der Waals surface area contributed by atoms with Crippen LogP contribution in [0, 0.1) is 5.92 Å². The Balaban J connectivity index is 1.69. The number of anilines is 1. The number of hydrogen-bond donors (Lipinski definition) is 1. The molecule has 1 saturated heterocycles. The van der Waals surface area contributed by atoms with Crippen LogP contribution in [-0.2, 0) is 11.3 Å². The van der Waals surface area contributed by atoms with E-state index >= 15 is 0 Å². The zero-order valence-electron chi connectivity index (χ0n) is 25.3. The number of piperazine rings is 1. The number of aromatic nitrogens is 3. The van der Waals surface area contributed by atoms with Gasteiger partial charge in [-0.05, 0) is 44.4 Å². The first kappa shape index (κ1) is 31.3. The minimum absolute atomic E-state index is 0.0431. The van der Waals surface area contributed by atoms with Crippen molar-refractivity contribution < 1.29 is 14.3 Å². The van der Waals surface area contributed by atoms with Gasteiger partial charge in [-0.25, -0.2) is 4.98 Å². The molecule has 10 nitrogen and oxygen atoms in total. The Labute approximate surface area is 252 Å². The molecule has 0 saturated carbocycles. The summed E-state index contributed by atoms with van der Waals surface area (Å²) in [5.41, 5.74) is 1.28. The molecule has 1 aromatic carbocycles.